The predicted octanol–water partition coefficient (Wildman–Crippen LogP) is 5.75. The second kappa shape index (κ2) is 10.8. The molecule has 1 aromatic heterocycles. The van der Waals surface area contributed by atoms with E-state index >= 15 is 0 Å². The first-order valence-corrected chi connectivity index (χ1v) is 13.4. The van der Waals surface area contributed by atoms with E-state index in [1.807, 2.05) is 11.8 Å². The van der Waals surface area contributed by atoms with Crippen LogP contribution in [0.1, 0.15) is 79.2 Å². The Morgan fingerprint density at radius 2 is 1.64 bits per heavy atom. The molecule has 1 aliphatic carbocycles. The van der Waals surface area contributed by atoms with E-state index < -0.39 is 0 Å². The van der Waals surface area contributed by atoms with Gasteiger partial charge in [-0.1, -0.05) is 62.4 Å². The van der Waals surface area contributed by atoms with E-state index in [-0.39, 0.29) is 17.7 Å². The van der Waals surface area contributed by atoms with Crippen LogP contribution in [0.2, 0.25) is 0 Å². The molecule has 1 saturated carbocycles. The first kappa shape index (κ1) is 23.9. The van der Waals surface area contributed by atoms with Crippen molar-refractivity contribution in [2.24, 2.45) is 11.8 Å². The largest absolute Gasteiger partial charge is 0.353 e. The minimum absolute atomic E-state index is 0.00351. The molecule has 2 aromatic rings. The van der Waals surface area contributed by atoms with Crippen molar-refractivity contribution in [1.29, 1.82) is 0 Å². The summed E-state index contributed by atoms with van der Waals surface area (Å²) in [5.74, 6) is 0.624. The van der Waals surface area contributed by atoms with Crippen LogP contribution < -0.4 is 5.32 Å². The predicted molar refractivity (Wildman–Crippen MR) is 134 cm³/mol. The van der Waals surface area contributed by atoms with Crippen LogP contribution in [0.15, 0.2) is 24.3 Å². The van der Waals surface area contributed by atoms with Crippen LogP contribution in [0.25, 0.3) is 10.6 Å². The van der Waals surface area contributed by atoms with Gasteiger partial charge < -0.3 is 10.2 Å². The lowest BCUT2D eigenvalue weighted by atomic mass is 9.84. The fourth-order valence-electron chi connectivity index (χ4n) is 5.13. The van der Waals surface area contributed by atoms with E-state index in [0.717, 1.165) is 46.8 Å². The molecule has 0 radical (unpaired) electrons. The molecule has 1 N–H and O–H groups in total. The third-order valence-corrected chi connectivity index (χ3v) is 8.63. The minimum Gasteiger partial charge on any atom is -0.353 e. The molecular weight excluding hydrogens is 430 g/mol. The number of hydrogen-bond acceptors (Lipinski definition) is 4. The Morgan fingerprint density at radius 1 is 1.00 bits per heavy atom. The summed E-state index contributed by atoms with van der Waals surface area (Å²) in [5, 5.41) is 4.22. The summed E-state index contributed by atoms with van der Waals surface area (Å²) in [6.07, 6.45) is 9.03. The molecule has 0 bridgehead atoms. The van der Waals surface area contributed by atoms with Gasteiger partial charge in [0.15, 0.2) is 0 Å². The molecule has 6 heteroatoms. The van der Waals surface area contributed by atoms with Crippen LogP contribution in [-0.4, -0.2) is 40.8 Å². The molecule has 0 spiro atoms. The summed E-state index contributed by atoms with van der Waals surface area (Å²) in [6, 6.07) is 8.63. The van der Waals surface area contributed by atoms with Crippen LogP contribution >= 0.6 is 11.3 Å². The van der Waals surface area contributed by atoms with Gasteiger partial charge in [0.25, 0.3) is 5.91 Å². The molecule has 2 heterocycles. The maximum Gasteiger partial charge on any atom is 0.265 e. The summed E-state index contributed by atoms with van der Waals surface area (Å²) < 4.78 is 0. The Labute approximate surface area is 202 Å². The average molecular weight is 468 g/mol. The molecule has 1 atom stereocenters. The highest BCUT2D eigenvalue weighted by atomic mass is 32.1. The first-order chi connectivity index (χ1) is 15.9. The van der Waals surface area contributed by atoms with E-state index in [0.29, 0.717) is 25.0 Å². The molecule has 1 aromatic carbocycles. The molecule has 178 valence electrons. The Balaban J connectivity index is 1.32. The zero-order valence-corrected chi connectivity index (χ0v) is 21.0. The van der Waals surface area contributed by atoms with Crippen molar-refractivity contribution in [2.75, 3.05) is 13.1 Å². The highest BCUT2D eigenvalue weighted by molar-refractivity contribution is 7.17. The van der Waals surface area contributed by atoms with E-state index in [2.05, 4.69) is 48.4 Å². The van der Waals surface area contributed by atoms with Crippen molar-refractivity contribution in [2.45, 2.75) is 78.2 Å². The van der Waals surface area contributed by atoms with E-state index in [4.69, 9.17) is 0 Å². The fraction of sp³-hybridized carbons (Fsp3) is 0.593. The number of benzene rings is 1. The van der Waals surface area contributed by atoms with Crippen LogP contribution in [0, 0.1) is 25.7 Å². The zero-order chi connectivity index (χ0) is 23.4. The number of hydrogen-bond donors (Lipinski definition) is 1. The molecule has 4 rings (SSSR count). The molecule has 5 nitrogen and oxygen atoms in total. The Kier molecular flexibility index (Phi) is 7.84. The van der Waals surface area contributed by atoms with E-state index in [9.17, 15) is 9.59 Å². The van der Waals surface area contributed by atoms with Gasteiger partial charge in [-0.2, -0.15) is 0 Å². The monoisotopic (exact) mass is 467 g/mol. The van der Waals surface area contributed by atoms with Crippen molar-refractivity contribution < 1.29 is 9.59 Å². The summed E-state index contributed by atoms with van der Waals surface area (Å²) in [4.78, 5) is 33.5. The fourth-order valence-corrected chi connectivity index (χ4v) is 6.17. The molecule has 2 amide bonds. The van der Waals surface area contributed by atoms with Gasteiger partial charge in [0.2, 0.25) is 5.91 Å². The second-order valence-electron chi connectivity index (χ2n) is 9.91. The Hall–Kier alpha value is -2.21. The van der Waals surface area contributed by atoms with E-state index in [1.165, 1.54) is 42.6 Å². The van der Waals surface area contributed by atoms with Crippen LogP contribution in [0.5, 0.6) is 0 Å². The number of aryl methyl sites for hydroxylation is 2. The van der Waals surface area contributed by atoms with Crippen molar-refractivity contribution in [3.05, 3.63) is 40.4 Å². The number of nitrogens with zero attached hydrogens (tertiary/aromatic N) is 2. The second-order valence-corrected chi connectivity index (χ2v) is 10.9. The summed E-state index contributed by atoms with van der Waals surface area (Å²) >= 11 is 1.49. The van der Waals surface area contributed by atoms with Gasteiger partial charge in [0.05, 0.1) is 5.69 Å². The molecule has 33 heavy (non-hydrogen) atoms. The average Bonchev–Trinajstić information content (AvgIpc) is 3.03. The lowest BCUT2D eigenvalue weighted by Crippen LogP contribution is -2.44. The SMILES string of the molecule is Cc1ccc(-c2nc(C)c(C(=O)N3CCC([C@@H](C)C(=O)NC4CCCCCC4)CC3)s2)cc1. The topological polar surface area (TPSA) is 62.3 Å². The highest BCUT2D eigenvalue weighted by Gasteiger charge is 2.32. The van der Waals surface area contributed by atoms with Crippen LogP contribution in [-0.2, 0) is 4.79 Å². The number of piperidine rings is 1. The molecular formula is C27H37N3O2S. The Morgan fingerprint density at radius 3 is 2.27 bits per heavy atom. The van der Waals surface area contributed by atoms with Crippen LogP contribution in [0.3, 0.4) is 0 Å². The molecule has 1 saturated heterocycles. The standard InChI is InChI=1S/C27H37N3O2S/c1-18-10-12-22(13-11-18)26-28-20(3)24(33-26)27(32)30-16-14-21(15-17-30)19(2)25(31)29-23-8-6-4-5-7-9-23/h10-13,19,21,23H,4-9,14-17H2,1-3H3,(H,29,31)/t19-/m1/s1. The zero-order valence-electron chi connectivity index (χ0n) is 20.2. The smallest absolute Gasteiger partial charge is 0.265 e. The summed E-state index contributed by atoms with van der Waals surface area (Å²) in [5.41, 5.74) is 3.07. The van der Waals surface area contributed by atoms with Gasteiger partial charge >= 0.3 is 0 Å². The maximum absolute atomic E-state index is 13.2. The number of likely N-dealkylation sites (tertiary alicyclic amines) is 1. The van der Waals surface area contributed by atoms with Crippen molar-refractivity contribution in [1.82, 2.24) is 15.2 Å². The molecule has 2 fully saturated rings. The lowest BCUT2D eigenvalue weighted by molar-refractivity contribution is -0.127. The lowest BCUT2D eigenvalue weighted by Gasteiger charge is -2.34. The maximum atomic E-state index is 13.2. The molecule has 0 unspecified atom stereocenters. The summed E-state index contributed by atoms with van der Waals surface area (Å²) in [7, 11) is 0. The third-order valence-electron chi connectivity index (χ3n) is 7.44. The number of thiazole rings is 1. The third kappa shape index (κ3) is 5.84. The highest BCUT2D eigenvalue weighted by Crippen LogP contribution is 2.31. The van der Waals surface area contributed by atoms with Gasteiger partial charge in [-0.25, -0.2) is 4.98 Å². The van der Waals surface area contributed by atoms with Crippen molar-refractivity contribution in [3.63, 3.8) is 0 Å². The van der Waals surface area contributed by atoms with Crippen molar-refractivity contribution >= 4 is 23.2 Å². The molecule has 1 aliphatic heterocycles. The van der Waals surface area contributed by atoms with Crippen molar-refractivity contribution in [3.8, 4) is 10.6 Å². The van der Waals surface area contributed by atoms with Gasteiger partial charge in [0, 0.05) is 30.6 Å². The number of rotatable bonds is 5. The Bertz CT molecular complexity index is 952. The number of nitrogens with one attached hydrogen (secondary N) is 1. The minimum atomic E-state index is 0.00351. The van der Waals surface area contributed by atoms with E-state index in [1.54, 1.807) is 0 Å². The molecule has 2 aliphatic rings. The quantitative estimate of drug-likeness (QED) is 0.569. The number of aromatic nitrogens is 1. The number of amides is 2. The normalized spacial score (nSPS) is 19.2. The van der Waals surface area contributed by atoms with Crippen LogP contribution in [0.4, 0.5) is 0 Å². The summed E-state index contributed by atoms with van der Waals surface area (Å²) in [6.45, 7) is 7.48. The number of carbonyl (C=O) groups excluding carboxylic acids is 2. The van der Waals surface area contributed by atoms with Gasteiger partial charge in [0.1, 0.15) is 9.88 Å². The first-order valence-electron chi connectivity index (χ1n) is 12.6. The number of carbonyl (C=O) groups is 2. The van der Waals surface area contributed by atoms with Gasteiger partial charge in [-0.05, 0) is 45.4 Å². The van der Waals surface area contributed by atoms with Gasteiger partial charge in [-0.15, -0.1) is 11.3 Å². The van der Waals surface area contributed by atoms with Gasteiger partial charge in [-0.3, -0.25) is 9.59 Å².